The Labute approximate surface area is 115 Å². The molecule has 2 heterocycles. The second kappa shape index (κ2) is 5.75. The van der Waals surface area contributed by atoms with Gasteiger partial charge in [0.25, 0.3) is 0 Å². The van der Waals surface area contributed by atoms with Crippen LogP contribution in [0.15, 0.2) is 17.9 Å². The summed E-state index contributed by atoms with van der Waals surface area (Å²) in [5, 5.41) is 3.00. The van der Waals surface area contributed by atoms with Gasteiger partial charge in [-0.1, -0.05) is 0 Å². The van der Waals surface area contributed by atoms with Crippen LogP contribution in [0.1, 0.15) is 21.1 Å². The van der Waals surface area contributed by atoms with Crippen molar-refractivity contribution in [2.45, 2.75) is 13.5 Å². The molecule has 0 N–H and O–H groups in total. The molecular formula is C12H14N4O2S. The van der Waals surface area contributed by atoms with Crippen molar-refractivity contribution < 1.29 is 9.53 Å². The summed E-state index contributed by atoms with van der Waals surface area (Å²) in [6.45, 7) is 2.53. The molecule has 0 fully saturated rings. The Bertz CT molecular complexity index is 585. The van der Waals surface area contributed by atoms with Gasteiger partial charge in [0.05, 0.1) is 24.4 Å². The first kappa shape index (κ1) is 13.4. The molecule has 0 saturated carbocycles. The van der Waals surface area contributed by atoms with Gasteiger partial charge in [0.15, 0.2) is 0 Å². The number of ether oxygens (including phenoxy) is 1. The van der Waals surface area contributed by atoms with E-state index in [-0.39, 0.29) is 0 Å². The van der Waals surface area contributed by atoms with Crippen molar-refractivity contribution in [1.29, 1.82) is 0 Å². The standard InChI is InChI=1S/C12H14N4O2S/c1-8-15-9(6-19-8)5-16(2)11-10(12(17)18-3)4-13-7-14-11/h4,6-7H,5H2,1-3H3. The summed E-state index contributed by atoms with van der Waals surface area (Å²) in [5.41, 5.74) is 1.29. The van der Waals surface area contributed by atoms with Gasteiger partial charge < -0.3 is 9.64 Å². The fourth-order valence-corrected chi connectivity index (χ4v) is 2.28. The van der Waals surface area contributed by atoms with E-state index in [9.17, 15) is 4.79 Å². The van der Waals surface area contributed by atoms with Gasteiger partial charge >= 0.3 is 5.97 Å². The van der Waals surface area contributed by atoms with Crippen LogP contribution in [0.2, 0.25) is 0 Å². The number of nitrogens with zero attached hydrogens (tertiary/aromatic N) is 4. The third-order valence-corrected chi connectivity index (χ3v) is 3.35. The lowest BCUT2D eigenvalue weighted by atomic mass is 10.3. The minimum Gasteiger partial charge on any atom is -0.465 e. The van der Waals surface area contributed by atoms with Crippen LogP contribution >= 0.6 is 11.3 Å². The van der Waals surface area contributed by atoms with Crippen molar-refractivity contribution in [3.8, 4) is 0 Å². The van der Waals surface area contributed by atoms with Gasteiger partial charge in [0.2, 0.25) is 0 Å². The molecule has 0 aromatic carbocycles. The first-order chi connectivity index (χ1) is 9.11. The van der Waals surface area contributed by atoms with Crippen LogP contribution in [0.4, 0.5) is 5.82 Å². The number of hydrogen-bond donors (Lipinski definition) is 0. The molecule has 100 valence electrons. The predicted molar refractivity (Wildman–Crippen MR) is 72.3 cm³/mol. The Morgan fingerprint density at radius 2 is 2.32 bits per heavy atom. The van der Waals surface area contributed by atoms with Crippen molar-refractivity contribution in [3.63, 3.8) is 0 Å². The fraction of sp³-hybridized carbons (Fsp3) is 0.333. The summed E-state index contributed by atoms with van der Waals surface area (Å²) in [6.07, 6.45) is 2.86. The van der Waals surface area contributed by atoms with Gasteiger partial charge in [-0.05, 0) is 6.92 Å². The van der Waals surface area contributed by atoms with Crippen LogP contribution in [0, 0.1) is 6.92 Å². The van der Waals surface area contributed by atoms with Crippen molar-refractivity contribution in [2.24, 2.45) is 0 Å². The maximum absolute atomic E-state index is 11.7. The molecular weight excluding hydrogens is 264 g/mol. The lowest BCUT2D eigenvalue weighted by Crippen LogP contribution is -2.21. The molecule has 0 radical (unpaired) electrons. The Hall–Kier alpha value is -2.02. The maximum atomic E-state index is 11.7. The zero-order valence-electron chi connectivity index (χ0n) is 11.0. The molecule has 7 heteroatoms. The first-order valence-electron chi connectivity index (χ1n) is 5.62. The van der Waals surface area contributed by atoms with E-state index in [0.717, 1.165) is 10.7 Å². The minimum atomic E-state index is -0.447. The average molecular weight is 278 g/mol. The Morgan fingerprint density at radius 1 is 1.53 bits per heavy atom. The number of anilines is 1. The molecule has 0 bridgehead atoms. The van der Waals surface area contributed by atoms with Crippen LogP contribution in [0.25, 0.3) is 0 Å². The molecule has 6 nitrogen and oxygen atoms in total. The number of esters is 1. The quantitative estimate of drug-likeness (QED) is 0.792. The zero-order valence-corrected chi connectivity index (χ0v) is 11.8. The van der Waals surface area contributed by atoms with Crippen LogP contribution in [0.3, 0.4) is 0 Å². The smallest absolute Gasteiger partial charge is 0.343 e. The number of hydrogen-bond acceptors (Lipinski definition) is 7. The second-order valence-electron chi connectivity index (χ2n) is 3.97. The van der Waals surface area contributed by atoms with Crippen LogP contribution in [0.5, 0.6) is 0 Å². The largest absolute Gasteiger partial charge is 0.465 e. The van der Waals surface area contributed by atoms with Crippen molar-refractivity contribution in [2.75, 3.05) is 19.1 Å². The van der Waals surface area contributed by atoms with Gasteiger partial charge in [-0.3, -0.25) is 0 Å². The second-order valence-corrected chi connectivity index (χ2v) is 5.03. The predicted octanol–water partition coefficient (Wildman–Crippen LogP) is 1.66. The highest BCUT2D eigenvalue weighted by Gasteiger charge is 2.17. The first-order valence-corrected chi connectivity index (χ1v) is 6.50. The van der Waals surface area contributed by atoms with E-state index in [1.54, 1.807) is 11.3 Å². The van der Waals surface area contributed by atoms with E-state index in [2.05, 4.69) is 15.0 Å². The molecule has 0 aliphatic heterocycles. The summed E-state index contributed by atoms with van der Waals surface area (Å²) in [4.78, 5) is 25.9. The van der Waals surface area contributed by atoms with Gasteiger partial charge in [-0.25, -0.2) is 19.7 Å². The number of carbonyl (C=O) groups is 1. The van der Waals surface area contributed by atoms with E-state index in [0.29, 0.717) is 17.9 Å². The summed E-state index contributed by atoms with van der Waals surface area (Å²) in [5.74, 6) is 0.0874. The lowest BCUT2D eigenvalue weighted by molar-refractivity contribution is 0.0600. The molecule has 0 atom stereocenters. The normalized spacial score (nSPS) is 10.3. The molecule has 0 spiro atoms. The molecule has 19 heavy (non-hydrogen) atoms. The molecule has 0 aliphatic carbocycles. The minimum absolute atomic E-state index is 0.347. The number of rotatable bonds is 4. The molecule has 0 aliphatic rings. The van der Waals surface area contributed by atoms with Gasteiger partial charge in [-0.15, -0.1) is 11.3 Å². The van der Waals surface area contributed by atoms with Gasteiger partial charge in [0.1, 0.15) is 17.7 Å². The molecule has 0 saturated heterocycles. The third kappa shape index (κ3) is 3.05. The Balaban J connectivity index is 2.23. The van der Waals surface area contributed by atoms with Gasteiger partial charge in [-0.2, -0.15) is 0 Å². The summed E-state index contributed by atoms with van der Waals surface area (Å²) >= 11 is 1.59. The van der Waals surface area contributed by atoms with E-state index in [4.69, 9.17) is 4.74 Å². The van der Waals surface area contributed by atoms with Crippen LogP contribution in [-0.4, -0.2) is 35.1 Å². The van der Waals surface area contributed by atoms with E-state index < -0.39 is 5.97 Å². The van der Waals surface area contributed by atoms with Crippen LogP contribution < -0.4 is 4.90 Å². The Morgan fingerprint density at radius 3 is 2.95 bits per heavy atom. The summed E-state index contributed by atoms with van der Waals surface area (Å²) in [6, 6.07) is 0. The monoisotopic (exact) mass is 278 g/mol. The number of methoxy groups -OCH3 is 1. The van der Waals surface area contributed by atoms with Crippen molar-refractivity contribution >= 4 is 23.1 Å². The highest BCUT2D eigenvalue weighted by Crippen LogP contribution is 2.18. The lowest BCUT2D eigenvalue weighted by Gasteiger charge is -2.18. The molecule has 2 aromatic rings. The Kier molecular flexibility index (Phi) is 4.06. The molecule has 2 aromatic heterocycles. The zero-order chi connectivity index (χ0) is 13.8. The number of aromatic nitrogens is 3. The van der Waals surface area contributed by atoms with E-state index >= 15 is 0 Å². The van der Waals surface area contributed by atoms with Crippen LogP contribution in [-0.2, 0) is 11.3 Å². The average Bonchev–Trinajstić information content (AvgIpc) is 2.83. The molecule has 0 unspecified atom stereocenters. The summed E-state index contributed by atoms with van der Waals surface area (Å²) < 4.78 is 4.72. The van der Waals surface area contributed by atoms with Crippen molar-refractivity contribution in [1.82, 2.24) is 15.0 Å². The highest BCUT2D eigenvalue weighted by molar-refractivity contribution is 7.09. The highest BCUT2D eigenvalue weighted by atomic mass is 32.1. The molecule has 0 amide bonds. The molecule has 2 rings (SSSR count). The van der Waals surface area contributed by atoms with Crippen molar-refractivity contribution in [3.05, 3.63) is 34.2 Å². The topological polar surface area (TPSA) is 68.2 Å². The van der Waals surface area contributed by atoms with Gasteiger partial charge in [0, 0.05) is 18.6 Å². The fourth-order valence-electron chi connectivity index (χ4n) is 1.68. The van der Waals surface area contributed by atoms with E-state index in [1.165, 1.54) is 19.6 Å². The number of aryl methyl sites for hydroxylation is 1. The maximum Gasteiger partial charge on any atom is 0.343 e. The number of carbonyl (C=O) groups excluding carboxylic acids is 1. The number of thiazole rings is 1. The third-order valence-electron chi connectivity index (χ3n) is 2.52. The SMILES string of the molecule is COC(=O)c1cncnc1N(C)Cc1csc(C)n1. The summed E-state index contributed by atoms with van der Waals surface area (Å²) in [7, 11) is 3.19. The van der Waals surface area contributed by atoms with E-state index in [1.807, 2.05) is 24.3 Å².